The lowest BCUT2D eigenvalue weighted by atomic mass is 10.2. The van der Waals surface area contributed by atoms with Crippen LogP contribution in [0.15, 0.2) is 18.2 Å². The molecule has 1 aromatic carbocycles. The lowest BCUT2D eigenvalue weighted by Crippen LogP contribution is -2.17. The number of halogens is 3. The first-order valence-corrected chi connectivity index (χ1v) is 4.09. The van der Waals surface area contributed by atoms with E-state index in [1.54, 1.807) is 6.11 Å². The first-order chi connectivity index (χ1) is 7.83. The van der Waals surface area contributed by atoms with Gasteiger partial charge in [0.25, 0.3) is 0 Å². The molecule has 0 saturated heterocycles. The van der Waals surface area contributed by atoms with E-state index in [1.165, 1.54) is 0 Å². The molecule has 0 aromatic heterocycles. The van der Waals surface area contributed by atoms with Gasteiger partial charge in [0.05, 0.1) is 0 Å². The number of terminal acetylenes is 1. The molecule has 0 fully saturated rings. The molecule has 1 N–H and O–H groups in total. The summed E-state index contributed by atoms with van der Waals surface area (Å²) in [6.45, 7) is 0. The average Bonchev–Trinajstić information content (AvgIpc) is 2.15. The van der Waals surface area contributed by atoms with Crippen molar-refractivity contribution in [3.8, 4) is 24.0 Å². The van der Waals surface area contributed by atoms with Gasteiger partial charge in [0.2, 0.25) is 0 Å². The lowest BCUT2D eigenvalue weighted by Gasteiger charge is -2.10. The van der Waals surface area contributed by atoms with Crippen molar-refractivity contribution in [2.75, 3.05) is 0 Å². The van der Waals surface area contributed by atoms with E-state index in [4.69, 9.17) is 11.5 Å². The van der Waals surface area contributed by atoms with Crippen molar-refractivity contribution in [2.45, 2.75) is 6.36 Å². The van der Waals surface area contributed by atoms with Gasteiger partial charge < -0.3 is 14.6 Å². The Labute approximate surface area is 93.6 Å². The van der Waals surface area contributed by atoms with Crippen LogP contribution in [0.5, 0.6) is 11.5 Å². The molecule has 90 valence electrons. The second kappa shape index (κ2) is 4.65. The second-order valence-corrected chi connectivity index (χ2v) is 2.73. The summed E-state index contributed by atoms with van der Waals surface area (Å²) in [5.41, 5.74) is -0.363. The molecule has 0 aliphatic rings. The maximum Gasteiger partial charge on any atom is 0.573 e. The van der Waals surface area contributed by atoms with Crippen LogP contribution in [0.1, 0.15) is 10.4 Å². The molecule has 0 atom stereocenters. The monoisotopic (exact) mass is 246 g/mol. The van der Waals surface area contributed by atoms with E-state index in [-0.39, 0.29) is 5.56 Å². The van der Waals surface area contributed by atoms with Crippen LogP contribution in [0.2, 0.25) is 0 Å². The average molecular weight is 246 g/mol. The Kier molecular flexibility index (Phi) is 3.48. The lowest BCUT2D eigenvalue weighted by molar-refractivity contribution is -0.274. The van der Waals surface area contributed by atoms with Crippen LogP contribution >= 0.6 is 0 Å². The largest absolute Gasteiger partial charge is 0.573 e. The summed E-state index contributed by atoms with van der Waals surface area (Å²) in [4.78, 5) is 10.7. The summed E-state index contributed by atoms with van der Waals surface area (Å²) in [5, 5.41) is 8.70. The predicted molar refractivity (Wildman–Crippen MR) is 49.5 cm³/mol. The zero-order valence-corrected chi connectivity index (χ0v) is 8.12. The standard InChI is InChI=1S/C10H5F3O4/c1-2-16-8-5-6(17-10(11,12)13)3-4-7(8)9(14)15/h1,3-5H,(H,14,15). The Morgan fingerprint density at radius 1 is 1.41 bits per heavy atom. The number of hydrogen-bond donors (Lipinski definition) is 1. The number of ether oxygens (including phenoxy) is 2. The predicted octanol–water partition coefficient (Wildman–Crippen LogP) is 2.25. The van der Waals surface area contributed by atoms with Crippen molar-refractivity contribution in [3.63, 3.8) is 0 Å². The number of benzene rings is 1. The van der Waals surface area contributed by atoms with Gasteiger partial charge in [0, 0.05) is 6.07 Å². The molecular formula is C10H5F3O4. The Morgan fingerprint density at radius 2 is 2.06 bits per heavy atom. The molecule has 1 rings (SSSR count). The summed E-state index contributed by atoms with van der Waals surface area (Å²) in [5.74, 6) is -2.40. The van der Waals surface area contributed by atoms with E-state index in [0.717, 1.165) is 18.2 Å². The third kappa shape index (κ3) is 3.61. The maximum atomic E-state index is 11.9. The smallest absolute Gasteiger partial charge is 0.478 e. The highest BCUT2D eigenvalue weighted by Gasteiger charge is 2.31. The third-order valence-corrected chi connectivity index (χ3v) is 1.59. The summed E-state index contributed by atoms with van der Waals surface area (Å²) in [6.07, 6.45) is 1.57. The number of rotatable bonds is 3. The molecule has 4 nitrogen and oxygen atoms in total. The molecule has 0 heterocycles. The molecule has 0 saturated carbocycles. The number of aromatic carboxylic acids is 1. The van der Waals surface area contributed by atoms with E-state index in [2.05, 4.69) is 9.47 Å². The van der Waals surface area contributed by atoms with Gasteiger partial charge in [-0.05, 0) is 12.1 Å². The molecule has 1 aromatic rings. The highest BCUT2D eigenvalue weighted by atomic mass is 19.4. The highest BCUT2D eigenvalue weighted by molar-refractivity contribution is 5.91. The molecule has 0 amide bonds. The summed E-state index contributed by atoms with van der Waals surface area (Å²) >= 11 is 0. The Balaban J connectivity index is 3.10. The minimum atomic E-state index is -4.88. The summed E-state index contributed by atoms with van der Waals surface area (Å²) < 4.78 is 43.7. The fourth-order valence-electron chi connectivity index (χ4n) is 1.02. The summed E-state index contributed by atoms with van der Waals surface area (Å²) in [7, 11) is 0. The zero-order chi connectivity index (χ0) is 13.1. The van der Waals surface area contributed by atoms with E-state index >= 15 is 0 Å². The van der Waals surface area contributed by atoms with Gasteiger partial charge in [0.1, 0.15) is 17.4 Å². The van der Waals surface area contributed by atoms with Crippen LogP contribution in [0.4, 0.5) is 13.2 Å². The van der Waals surface area contributed by atoms with E-state index in [9.17, 15) is 18.0 Å². The Bertz CT molecular complexity index is 473. The zero-order valence-electron chi connectivity index (χ0n) is 8.12. The number of hydrogen-bond acceptors (Lipinski definition) is 3. The van der Waals surface area contributed by atoms with Crippen molar-refractivity contribution in [1.82, 2.24) is 0 Å². The molecule has 0 bridgehead atoms. The van der Waals surface area contributed by atoms with E-state index < -0.39 is 23.8 Å². The SMILES string of the molecule is C#COc1cc(OC(F)(F)F)ccc1C(=O)O. The number of alkyl halides is 3. The minimum absolute atomic E-state index is 0.363. The molecule has 0 aliphatic carbocycles. The van der Waals surface area contributed by atoms with Crippen LogP contribution in [0.3, 0.4) is 0 Å². The van der Waals surface area contributed by atoms with Gasteiger partial charge in [-0.1, -0.05) is 6.42 Å². The third-order valence-electron chi connectivity index (χ3n) is 1.59. The van der Waals surface area contributed by atoms with Crippen molar-refractivity contribution in [3.05, 3.63) is 23.8 Å². The highest BCUT2D eigenvalue weighted by Crippen LogP contribution is 2.29. The number of carboxylic acid groups (broad SMARTS) is 1. The minimum Gasteiger partial charge on any atom is -0.478 e. The van der Waals surface area contributed by atoms with E-state index in [1.807, 2.05) is 0 Å². The van der Waals surface area contributed by atoms with Gasteiger partial charge >= 0.3 is 12.3 Å². The number of carboxylic acids is 1. The van der Waals surface area contributed by atoms with Gasteiger partial charge in [-0.3, -0.25) is 0 Å². The van der Waals surface area contributed by atoms with Crippen LogP contribution in [0, 0.1) is 12.5 Å². The molecule has 0 radical (unpaired) electrons. The summed E-state index contributed by atoms with van der Waals surface area (Å²) in [6, 6.07) is 2.49. The van der Waals surface area contributed by atoms with Crippen LogP contribution < -0.4 is 9.47 Å². The second-order valence-electron chi connectivity index (χ2n) is 2.73. The number of carbonyl (C=O) groups is 1. The fourth-order valence-corrected chi connectivity index (χ4v) is 1.02. The first kappa shape index (κ1) is 12.7. The molecule has 0 unspecified atom stereocenters. The molecular weight excluding hydrogens is 241 g/mol. The van der Waals surface area contributed by atoms with Crippen LogP contribution in [0.25, 0.3) is 0 Å². The maximum absolute atomic E-state index is 11.9. The van der Waals surface area contributed by atoms with Crippen molar-refractivity contribution in [2.24, 2.45) is 0 Å². The molecule has 17 heavy (non-hydrogen) atoms. The quantitative estimate of drug-likeness (QED) is 0.831. The normalized spacial score (nSPS) is 10.5. The Morgan fingerprint density at radius 3 is 2.53 bits per heavy atom. The van der Waals surface area contributed by atoms with Gasteiger partial charge in [-0.2, -0.15) is 0 Å². The van der Waals surface area contributed by atoms with Gasteiger partial charge in [0.15, 0.2) is 5.75 Å². The van der Waals surface area contributed by atoms with Crippen LogP contribution in [-0.2, 0) is 0 Å². The van der Waals surface area contributed by atoms with Crippen LogP contribution in [-0.4, -0.2) is 17.4 Å². The van der Waals surface area contributed by atoms with E-state index in [0.29, 0.717) is 0 Å². The van der Waals surface area contributed by atoms with Gasteiger partial charge in [-0.15, -0.1) is 13.2 Å². The van der Waals surface area contributed by atoms with Crippen molar-refractivity contribution >= 4 is 5.97 Å². The fraction of sp³-hybridized carbons (Fsp3) is 0.100. The first-order valence-electron chi connectivity index (χ1n) is 4.09. The van der Waals surface area contributed by atoms with Crippen molar-refractivity contribution in [1.29, 1.82) is 0 Å². The molecule has 0 spiro atoms. The molecule has 0 aliphatic heterocycles. The Hall–Kier alpha value is -2.36. The van der Waals surface area contributed by atoms with Gasteiger partial charge in [-0.25, -0.2) is 4.79 Å². The topological polar surface area (TPSA) is 55.8 Å². The molecule has 7 heteroatoms. The van der Waals surface area contributed by atoms with Crippen molar-refractivity contribution < 1.29 is 32.5 Å².